The summed E-state index contributed by atoms with van der Waals surface area (Å²) in [4.78, 5) is 4.03. The third-order valence-electron chi connectivity index (χ3n) is 2.64. The summed E-state index contributed by atoms with van der Waals surface area (Å²) in [5.41, 5.74) is 8.48. The molecule has 0 saturated heterocycles. The SMILES string of the molecule is Nc1ccncc1CCc1cccc(F)c1Br. The Morgan fingerprint density at radius 2 is 1.94 bits per heavy atom. The molecule has 0 amide bonds. The number of nitrogens with two attached hydrogens (primary N) is 1. The topological polar surface area (TPSA) is 38.9 Å². The number of rotatable bonds is 3. The Labute approximate surface area is 108 Å². The Bertz CT molecular complexity index is 529. The first-order chi connectivity index (χ1) is 8.18. The fourth-order valence-electron chi connectivity index (χ4n) is 1.66. The second kappa shape index (κ2) is 5.27. The predicted molar refractivity (Wildman–Crippen MR) is 70.2 cm³/mol. The van der Waals surface area contributed by atoms with Crippen LogP contribution in [0.5, 0.6) is 0 Å². The molecule has 2 N–H and O–H groups in total. The van der Waals surface area contributed by atoms with Gasteiger partial charge in [-0.25, -0.2) is 4.39 Å². The van der Waals surface area contributed by atoms with Crippen molar-refractivity contribution in [3.05, 3.63) is 58.1 Å². The summed E-state index contributed by atoms with van der Waals surface area (Å²) in [7, 11) is 0. The highest BCUT2D eigenvalue weighted by Gasteiger charge is 2.06. The maximum atomic E-state index is 13.3. The highest BCUT2D eigenvalue weighted by Crippen LogP contribution is 2.22. The number of hydrogen-bond acceptors (Lipinski definition) is 2. The number of aromatic nitrogens is 1. The second-order valence-corrected chi connectivity index (χ2v) is 4.58. The molecular formula is C13H12BrFN2. The summed E-state index contributed by atoms with van der Waals surface area (Å²) < 4.78 is 13.8. The molecule has 0 aliphatic rings. The molecule has 1 heterocycles. The van der Waals surface area contributed by atoms with E-state index in [9.17, 15) is 4.39 Å². The molecule has 0 atom stereocenters. The number of nitrogen functional groups attached to an aromatic ring is 1. The van der Waals surface area contributed by atoms with Crippen LogP contribution >= 0.6 is 15.9 Å². The zero-order chi connectivity index (χ0) is 12.3. The van der Waals surface area contributed by atoms with Gasteiger partial charge in [0, 0.05) is 18.1 Å². The van der Waals surface area contributed by atoms with Crippen LogP contribution in [0.15, 0.2) is 41.1 Å². The van der Waals surface area contributed by atoms with Crippen LogP contribution in [0.3, 0.4) is 0 Å². The molecule has 0 bridgehead atoms. The lowest BCUT2D eigenvalue weighted by Crippen LogP contribution is -1.99. The van der Waals surface area contributed by atoms with Crippen molar-refractivity contribution in [2.24, 2.45) is 0 Å². The lowest BCUT2D eigenvalue weighted by Gasteiger charge is -2.07. The average molecular weight is 295 g/mol. The van der Waals surface area contributed by atoms with E-state index in [-0.39, 0.29) is 5.82 Å². The molecule has 0 aliphatic carbocycles. The zero-order valence-corrected chi connectivity index (χ0v) is 10.7. The molecular weight excluding hydrogens is 283 g/mol. The van der Waals surface area contributed by atoms with Gasteiger partial charge in [-0.2, -0.15) is 0 Å². The minimum Gasteiger partial charge on any atom is -0.398 e. The Morgan fingerprint density at radius 3 is 2.71 bits per heavy atom. The van der Waals surface area contributed by atoms with E-state index in [0.717, 1.165) is 29.7 Å². The molecule has 0 unspecified atom stereocenters. The second-order valence-electron chi connectivity index (χ2n) is 3.79. The number of benzene rings is 1. The van der Waals surface area contributed by atoms with Gasteiger partial charge in [-0.05, 0) is 52.0 Å². The Morgan fingerprint density at radius 1 is 1.18 bits per heavy atom. The molecule has 1 aromatic heterocycles. The van der Waals surface area contributed by atoms with Gasteiger partial charge in [-0.15, -0.1) is 0 Å². The van der Waals surface area contributed by atoms with Gasteiger partial charge in [-0.1, -0.05) is 12.1 Å². The monoisotopic (exact) mass is 294 g/mol. The van der Waals surface area contributed by atoms with Crippen molar-refractivity contribution in [2.75, 3.05) is 5.73 Å². The van der Waals surface area contributed by atoms with Crippen molar-refractivity contribution in [1.29, 1.82) is 0 Å². The molecule has 0 fully saturated rings. The molecule has 0 radical (unpaired) electrons. The molecule has 2 aromatic rings. The summed E-state index contributed by atoms with van der Waals surface area (Å²) in [6, 6.07) is 6.82. The number of nitrogens with zero attached hydrogens (tertiary/aromatic N) is 1. The van der Waals surface area contributed by atoms with Gasteiger partial charge in [0.15, 0.2) is 0 Å². The van der Waals surface area contributed by atoms with E-state index in [2.05, 4.69) is 20.9 Å². The van der Waals surface area contributed by atoms with Crippen molar-refractivity contribution in [2.45, 2.75) is 12.8 Å². The molecule has 0 saturated carbocycles. The standard InChI is InChI=1S/C13H12BrFN2/c14-13-9(2-1-3-11(13)15)4-5-10-8-17-7-6-12(10)16/h1-3,6-8H,4-5H2,(H2,16,17). The lowest BCUT2D eigenvalue weighted by molar-refractivity contribution is 0.618. The maximum absolute atomic E-state index is 13.3. The van der Waals surface area contributed by atoms with Crippen LogP contribution in [0.1, 0.15) is 11.1 Å². The normalized spacial score (nSPS) is 10.5. The van der Waals surface area contributed by atoms with Crippen LogP contribution in [-0.4, -0.2) is 4.98 Å². The summed E-state index contributed by atoms with van der Waals surface area (Å²) in [6.07, 6.45) is 4.90. The number of anilines is 1. The molecule has 88 valence electrons. The fraction of sp³-hybridized carbons (Fsp3) is 0.154. The lowest BCUT2D eigenvalue weighted by atomic mass is 10.0. The first-order valence-electron chi connectivity index (χ1n) is 5.29. The van der Waals surface area contributed by atoms with Crippen molar-refractivity contribution in [3.63, 3.8) is 0 Å². The molecule has 2 nitrogen and oxygen atoms in total. The Balaban J connectivity index is 2.13. The largest absolute Gasteiger partial charge is 0.398 e. The van der Waals surface area contributed by atoms with Crippen LogP contribution in [0, 0.1) is 5.82 Å². The van der Waals surface area contributed by atoms with Crippen molar-refractivity contribution >= 4 is 21.6 Å². The first-order valence-corrected chi connectivity index (χ1v) is 6.09. The van der Waals surface area contributed by atoms with E-state index < -0.39 is 0 Å². The highest BCUT2D eigenvalue weighted by atomic mass is 79.9. The third-order valence-corrected chi connectivity index (χ3v) is 3.52. The van der Waals surface area contributed by atoms with E-state index in [1.807, 2.05) is 6.07 Å². The highest BCUT2D eigenvalue weighted by molar-refractivity contribution is 9.10. The molecule has 2 rings (SSSR count). The van der Waals surface area contributed by atoms with Crippen LogP contribution < -0.4 is 5.73 Å². The van der Waals surface area contributed by atoms with Crippen LogP contribution in [0.2, 0.25) is 0 Å². The van der Waals surface area contributed by atoms with Crippen LogP contribution in [0.25, 0.3) is 0 Å². The first kappa shape index (κ1) is 12.0. The molecule has 0 aliphatic heterocycles. The molecule has 17 heavy (non-hydrogen) atoms. The molecule has 0 spiro atoms. The predicted octanol–water partition coefficient (Wildman–Crippen LogP) is 3.35. The van der Waals surface area contributed by atoms with Crippen LogP contribution in [0.4, 0.5) is 10.1 Å². The average Bonchev–Trinajstić information content (AvgIpc) is 2.33. The third kappa shape index (κ3) is 2.82. The quantitative estimate of drug-likeness (QED) is 0.943. The minimum absolute atomic E-state index is 0.235. The number of hydrogen-bond donors (Lipinski definition) is 1. The number of pyridine rings is 1. The van der Waals surface area contributed by atoms with Gasteiger partial charge >= 0.3 is 0 Å². The van der Waals surface area contributed by atoms with Crippen molar-refractivity contribution < 1.29 is 4.39 Å². The van der Waals surface area contributed by atoms with Gasteiger partial charge in [0.2, 0.25) is 0 Å². The number of halogens is 2. The van der Waals surface area contributed by atoms with E-state index >= 15 is 0 Å². The van der Waals surface area contributed by atoms with Gasteiger partial charge in [0.25, 0.3) is 0 Å². The number of aryl methyl sites for hydroxylation is 2. The van der Waals surface area contributed by atoms with Gasteiger partial charge in [0.05, 0.1) is 4.47 Å². The minimum atomic E-state index is -0.235. The smallest absolute Gasteiger partial charge is 0.137 e. The van der Waals surface area contributed by atoms with Crippen molar-refractivity contribution in [1.82, 2.24) is 4.98 Å². The zero-order valence-electron chi connectivity index (χ0n) is 9.16. The van der Waals surface area contributed by atoms with E-state index in [1.165, 1.54) is 6.07 Å². The van der Waals surface area contributed by atoms with Gasteiger partial charge in [-0.3, -0.25) is 4.98 Å². The maximum Gasteiger partial charge on any atom is 0.137 e. The van der Waals surface area contributed by atoms with Crippen molar-refractivity contribution in [3.8, 4) is 0 Å². The Hall–Kier alpha value is -1.42. The van der Waals surface area contributed by atoms with E-state index in [4.69, 9.17) is 5.73 Å². The van der Waals surface area contributed by atoms with Gasteiger partial charge < -0.3 is 5.73 Å². The summed E-state index contributed by atoms with van der Waals surface area (Å²) in [5, 5.41) is 0. The fourth-order valence-corrected chi connectivity index (χ4v) is 2.12. The van der Waals surface area contributed by atoms with E-state index in [0.29, 0.717) is 4.47 Å². The molecule has 1 aromatic carbocycles. The van der Waals surface area contributed by atoms with E-state index in [1.54, 1.807) is 24.5 Å². The summed E-state index contributed by atoms with van der Waals surface area (Å²) in [5.74, 6) is -0.235. The van der Waals surface area contributed by atoms with Crippen LogP contribution in [-0.2, 0) is 12.8 Å². The molecule has 4 heteroatoms. The van der Waals surface area contributed by atoms with Gasteiger partial charge in [0.1, 0.15) is 5.82 Å². The summed E-state index contributed by atoms with van der Waals surface area (Å²) in [6.45, 7) is 0. The Kier molecular flexibility index (Phi) is 3.74. The summed E-state index contributed by atoms with van der Waals surface area (Å²) >= 11 is 3.25.